The van der Waals surface area contributed by atoms with Gasteiger partial charge in [-0.1, -0.05) is 32.0 Å². The summed E-state index contributed by atoms with van der Waals surface area (Å²) in [5.74, 6) is 1.37. The third kappa shape index (κ3) is 4.60. The van der Waals surface area contributed by atoms with Gasteiger partial charge in [0.15, 0.2) is 0 Å². The van der Waals surface area contributed by atoms with E-state index in [9.17, 15) is 4.79 Å². The number of nitrogens with zero attached hydrogens (tertiary/aromatic N) is 1. The zero-order valence-electron chi connectivity index (χ0n) is 12.4. The summed E-state index contributed by atoms with van der Waals surface area (Å²) in [5.41, 5.74) is 0.965. The second kappa shape index (κ2) is 7.43. The molecule has 4 nitrogen and oxygen atoms in total. The molecule has 0 saturated carbocycles. The van der Waals surface area contributed by atoms with Crippen molar-refractivity contribution in [1.82, 2.24) is 10.3 Å². The number of carbonyl (C=O) groups excluding carboxylic acids is 1. The second-order valence-electron chi connectivity index (χ2n) is 4.94. The van der Waals surface area contributed by atoms with Gasteiger partial charge in [0, 0.05) is 24.7 Å². The summed E-state index contributed by atoms with van der Waals surface area (Å²) in [6.07, 6.45) is 2.52. The molecule has 1 aromatic carbocycles. The molecule has 1 aromatic heterocycles. The van der Waals surface area contributed by atoms with Crippen LogP contribution in [-0.4, -0.2) is 10.9 Å². The van der Waals surface area contributed by atoms with Crippen molar-refractivity contribution in [2.45, 2.75) is 26.8 Å². The average Bonchev–Trinajstić information content (AvgIpc) is 2.53. The Morgan fingerprint density at radius 1 is 1.29 bits per heavy atom. The Bertz CT molecular complexity index is 584. The van der Waals surface area contributed by atoms with E-state index in [0.29, 0.717) is 12.4 Å². The quantitative estimate of drug-likeness (QED) is 0.882. The van der Waals surface area contributed by atoms with Crippen molar-refractivity contribution in [2.75, 3.05) is 0 Å². The van der Waals surface area contributed by atoms with Gasteiger partial charge in [-0.25, -0.2) is 4.98 Å². The van der Waals surface area contributed by atoms with Gasteiger partial charge in [0.1, 0.15) is 5.75 Å². The van der Waals surface area contributed by atoms with E-state index in [-0.39, 0.29) is 11.8 Å². The van der Waals surface area contributed by atoms with E-state index in [4.69, 9.17) is 4.74 Å². The van der Waals surface area contributed by atoms with Crippen LogP contribution in [-0.2, 0) is 11.3 Å². The summed E-state index contributed by atoms with van der Waals surface area (Å²) < 4.78 is 5.67. The fraction of sp³-hybridized carbons (Fsp3) is 0.294. The van der Waals surface area contributed by atoms with Gasteiger partial charge in [0.05, 0.1) is 0 Å². The maximum Gasteiger partial charge on any atom is 0.223 e. The number of carbonyl (C=O) groups is 1. The van der Waals surface area contributed by atoms with Gasteiger partial charge >= 0.3 is 0 Å². The molecule has 21 heavy (non-hydrogen) atoms. The third-order valence-corrected chi connectivity index (χ3v) is 3.29. The van der Waals surface area contributed by atoms with Crippen molar-refractivity contribution in [1.29, 1.82) is 0 Å². The molecule has 1 atom stereocenters. The lowest BCUT2D eigenvalue weighted by atomic mass is 10.1. The Morgan fingerprint density at radius 3 is 2.76 bits per heavy atom. The van der Waals surface area contributed by atoms with Gasteiger partial charge in [0.25, 0.3) is 0 Å². The lowest BCUT2D eigenvalue weighted by molar-refractivity contribution is -0.124. The lowest BCUT2D eigenvalue weighted by Crippen LogP contribution is -2.28. The number of amides is 1. The van der Waals surface area contributed by atoms with Crippen LogP contribution >= 0.6 is 0 Å². The van der Waals surface area contributed by atoms with Gasteiger partial charge in [-0.2, -0.15) is 0 Å². The average molecular weight is 284 g/mol. The molecule has 0 spiro atoms. The number of nitrogens with one attached hydrogen (secondary N) is 1. The van der Waals surface area contributed by atoms with Crippen LogP contribution in [0.25, 0.3) is 0 Å². The molecule has 0 aliphatic rings. The predicted octanol–water partition coefficient (Wildman–Crippen LogP) is 3.54. The third-order valence-electron chi connectivity index (χ3n) is 3.29. The van der Waals surface area contributed by atoms with E-state index in [1.807, 2.05) is 56.3 Å². The van der Waals surface area contributed by atoms with Gasteiger partial charge in [-0.15, -0.1) is 0 Å². The minimum atomic E-state index is 0.0341. The van der Waals surface area contributed by atoms with Crippen LogP contribution in [0.5, 0.6) is 11.6 Å². The van der Waals surface area contributed by atoms with Crippen LogP contribution in [0.1, 0.15) is 25.8 Å². The number of aromatic nitrogens is 1. The van der Waals surface area contributed by atoms with Crippen molar-refractivity contribution in [3.8, 4) is 11.6 Å². The van der Waals surface area contributed by atoms with E-state index >= 15 is 0 Å². The maximum atomic E-state index is 11.8. The molecule has 1 amide bonds. The van der Waals surface area contributed by atoms with Crippen LogP contribution in [0.3, 0.4) is 0 Å². The summed E-state index contributed by atoms with van der Waals surface area (Å²) >= 11 is 0. The lowest BCUT2D eigenvalue weighted by Gasteiger charge is -2.10. The van der Waals surface area contributed by atoms with Crippen molar-refractivity contribution in [3.05, 3.63) is 54.2 Å². The Morgan fingerprint density at radius 2 is 2.05 bits per heavy atom. The van der Waals surface area contributed by atoms with E-state index in [0.717, 1.165) is 17.7 Å². The maximum absolute atomic E-state index is 11.8. The van der Waals surface area contributed by atoms with Crippen LogP contribution < -0.4 is 10.1 Å². The summed E-state index contributed by atoms with van der Waals surface area (Å²) in [4.78, 5) is 15.9. The van der Waals surface area contributed by atoms with Crippen LogP contribution in [0, 0.1) is 5.92 Å². The summed E-state index contributed by atoms with van der Waals surface area (Å²) in [6, 6.07) is 13.2. The highest BCUT2D eigenvalue weighted by Gasteiger charge is 2.09. The van der Waals surface area contributed by atoms with Crippen LogP contribution in [0.15, 0.2) is 48.7 Å². The van der Waals surface area contributed by atoms with Crippen molar-refractivity contribution in [2.24, 2.45) is 5.92 Å². The SMILES string of the molecule is CCC(C)C(=O)NCc1ccnc(Oc2ccccc2)c1. The Labute approximate surface area is 125 Å². The molecule has 2 rings (SSSR count). The number of hydrogen-bond acceptors (Lipinski definition) is 3. The highest BCUT2D eigenvalue weighted by atomic mass is 16.5. The molecule has 1 unspecified atom stereocenters. The monoisotopic (exact) mass is 284 g/mol. The van der Waals surface area contributed by atoms with E-state index in [2.05, 4.69) is 10.3 Å². The first-order valence-corrected chi connectivity index (χ1v) is 7.14. The number of rotatable bonds is 6. The number of hydrogen-bond donors (Lipinski definition) is 1. The highest BCUT2D eigenvalue weighted by molar-refractivity contribution is 5.78. The standard InChI is InChI=1S/C17H20N2O2/c1-3-13(2)17(20)19-12-14-9-10-18-16(11-14)21-15-7-5-4-6-8-15/h4-11,13H,3,12H2,1-2H3,(H,19,20). The first kappa shape index (κ1) is 15.0. The van der Waals surface area contributed by atoms with Crippen molar-refractivity contribution in [3.63, 3.8) is 0 Å². The number of benzene rings is 1. The number of para-hydroxylation sites is 1. The second-order valence-corrected chi connectivity index (χ2v) is 4.94. The fourth-order valence-corrected chi connectivity index (χ4v) is 1.77. The van der Waals surface area contributed by atoms with Gasteiger partial charge in [-0.05, 0) is 30.2 Å². The van der Waals surface area contributed by atoms with Crippen LogP contribution in [0.2, 0.25) is 0 Å². The van der Waals surface area contributed by atoms with E-state index in [1.165, 1.54) is 0 Å². The molecule has 0 bridgehead atoms. The Balaban J connectivity index is 1.96. The first-order chi connectivity index (χ1) is 10.2. The topological polar surface area (TPSA) is 51.2 Å². The number of pyridine rings is 1. The first-order valence-electron chi connectivity index (χ1n) is 7.14. The minimum Gasteiger partial charge on any atom is -0.439 e. The largest absolute Gasteiger partial charge is 0.439 e. The normalized spacial score (nSPS) is 11.7. The molecule has 0 fully saturated rings. The van der Waals surface area contributed by atoms with Gasteiger partial charge in [0.2, 0.25) is 11.8 Å². The minimum absolute atomic E-state index is 0.0341. The molecule has 0 aliphatic heterocycles. The van der Waals surface area contributed by atoms with Crippen molar-refractivity contribution < 1.29 is 9.53 Å². The van der Waals surface area contributed by atoms with Crippen molar-refractivity contribution >= 4 is 5.91 Å². The summed E-state index contributed by atoms with van der Waals surface area (Å²) in [7, 11) is 0. The zero-order chi connectivity index (χ0) is 15.1. The molecule has 2 aromatic rings. The Hall–Kier alpha value is -2.36. The predicted molar refractivity (Wildman–Crippen MR) is 82.1 cm³/mol. The van der Waals surface area contributed by atoms with E-state index in [1.54, 1.807) is 6.20 Å². The molecular weight excluding hydrogens is 264 g/mol. The highest BCUT2D eigenvalue weighted by Crippen LogP contribution is 2.19. The number of ether oxygens (including phenoxy) is 1. The summed E-state index contributed by atoms with van der Waals surface area (Å²) in [6.45, 7) is 4.41. The van der Waals surface area contributed by atoms with Gasteiger partial charge in [-0.3, -0.25) is 4.79 Å². The molecule has 110 valence electrons. The molecule has 1 N–H and O–H groups in total. The molecule has 0 aliphatic carbocycles. The molecule has 4 heteroatoms. The molecule has 1 heterocycles. The molecular formula is C17H20N2O2. The van der Waals surface area contributed by atoms with Gasteiger partial charge < -0.3 is 10.1 Å². The molecule has 0 saturated heterocycles. The molecule has 0 radical (unpaired) electrons. The Kier molecular flexibility index (Phi) is 5.32. The summed E-state index contributed by atoms with van der Waals surface area (Å²) in [5, 5.41) is 2.92. The van der Waals surface area contributed by atoms with Crippen LogP contribution in [0.4, 0.5) is 0 Å². The smallest absolute Gasteiger partial charge is 0.223 e. The fourth-order valence-electron chi connectivity index (χ4n) is 1.77. The zero-order valence-corrected chi connectivity index (χ0v) is 12.4. The van der Waals surface area contributed by atoms with E-state index < -0.39 is 0 Å².